The lowest BCUT2D eigenvalue weighted by molar-refractivity contribution is -0.146. The molecular formula is C18H29NO3. The van der Waals surface area contributed by atoms with Gasteiger partial charge < -0.3 is 10.1 Å². The van der Waals surface area contributed by atoms with Crippen LogP contribution in [0.25, 0.3) is 0 Å². The van der Waals surface area contributed by atoms with Crippen molar-refractivity contribution in [3.05, 3.63) is 12.2 Å². The van der Waals surface area contributed by atoms with E-state index in [9.17, 15) is 9.59 Å². The number of carbonyl (C=O) groups is 2. The highest BCUT2D eigenvalue weighted by atomic mass is 16.5. The number of hydrogen-bond donors (Lipinski definition) is 1. The number of allylic oxidation sites excluding steroid dienone is 1. The van der Waals surface area contributed by atoms with Crippen LogP contribution in [-0.4, -0.2) is 24.0 Å². The summed E-state index contributed by atoms with van der Waals surface area (Å²) in [6.45, 7) is 8.23. The molecule has 0 aromatic rings. The van der Waals surface area contributed by atoms with Crippen LogP contribution in [0.5, 0.6) is 0 Å². The third-order valence-electron chi connectivity index (χ3n) is 4.72. The van der Waals surface area contributed by atoms with E-state index in [2.05, 4.69) is 26.1 Å². The Morgan fingerprint density at radius 1 is 1.45 bits per heavy atom. The third-order valence-corrected chi connectivity index (χ3v) is 4.72. The predicted molar refractivity (Wildman–Crippen MR) is 86.1 cm³/mol. The minimum absolute atomic E-state index is 0.0161. The van der Waals surface area contributed by atoms with Crippen LogP contribution >= 0.6 is 0 Å². The molecule has 2 fully saturated rings. The van der Waals surface area contributed by atoms with Crippen LogP contribution < -0.4 is 5.32 Å². The summed E-state index contributed by atoms with van der Waals surface area (Å²) < 4.78 is 5.57. The van der Waals surface area contributed by atoms with Gasteiger partial charge in [0.1, 0.15) is 6.10 Å². The molecule has 4 heteroatoms. The molecule has 2 rings (SSSR count). The zero-order valence-electron chi connectivity index (χ0n) is 14.2. The second-order valence-corrected chi connectivity index (χ2v) is 7.24. The highest BCUT2D eigenvalue weighted by molar-refractivity contribution is 5.85. The van der Waals surface area contributed by atoms with Crippen LogP contribution in [0.4, 0.5) is 0 Å². The first-order valence-electron chi connectivity index (χ1n) is 8.61. The minimum atomic E-state index is -0.349. The summed E-state index contributed by atoms with van der Waals surface area (Å²) in [7, 11) is 0. The van der Waals surface area contributed by atoms with Gasteiger partial charge in [-0.25, -0.2) is 4.79 Å². The molecule has 0 bridgehead atoms. The maximum absolute atomic E-state index is 12.0. The van der Waals surface area contributed by atoms with Crippen LogP contribution in [0.3, 0.4) is 0 Å². The van der Waals surface area contributed by atoms with E-state index in [1.807, 2.05) is 13.0 Å². The Kier molecular flexibility index (Phi) is 5.65. The fourth-order valence-electron chi connectivity index (χ4n) is 3.36. The second kappa shape index (κ2) is 7.30. The smallest absolute Gasteiger partial charge is 0.330 e. The average molecular weight is 307 g/mol. The molecule has 1 saturated carbocycles. The first kappa shape index (κ1) is 17.0. The topological polar surface area (TPSA) is 55.4 Å². The van der Waals surface area contributed by atoms with Gasteiger partial charge in [0.15, 0.2) is 0 Å². The molecule has 5 atom stereocenters. The van der Waals surface area contributed by atoms with Gasteiger partial charge in [-0.15, -0.1) is 0 Å². The predicted octanol–water partition coefficient (Wildman–Crippen LogP) is 3.07. The zero-order valence-corrected chi connectivity index (χ0v) is 14.2. The van der Waals surface area contributed by atoms with E-state index in [4.69, 9.17) is 4.74 Å². The highest BCUT2D eigenvalue weighted by Gasteiger charge is 2.42. The molecule has 1 heterocycles. The molecule has 4 nitrogen and oxygen atoms in total. The van der Waals surface area contributed by atoms with Crippen LogP contribution in [0, 0.1) is 23.7 Å². The molecule has 2 aliphatic rings. The van der Waals surface area contributed by atoms with E-state index in [1.165, 1.54) is 19.3 Å². The van der Waals surface area contributed by atoms with E-state index < -0.39 is 0 Å². The van der Waals surface area contributed by atoms with Gasteiger partial charge >= 0.3 is 5.97 Å². The van der Waals surface area contributed by atoms with Gasteiger partial charge in [-0.05, 0) is 37.5 Å². The standard InChI is InChI=1S/C18H29NO3/c1-5-6-13-10-14(13)7-8-16(20)22-17-12(4)18(21)19-15(17)9-11(2)3/h7-8,11-15,17H,5-6,9-10H2,1-4H3,(H,19,21)/b8-7+/t12-,13-,14-,15+,17-/m1/s1. The van der Waals surface area contributed by atoms with Crippen molar-refractivity contribution in [1.82, 2.24) is 5.32 Å². The largest absolute Gasteiger partial charge is 0.456 e. The lowest BCUT2D eigenvalue weighted by Crippen LogP contribution is -2.36. The van der Waals surface area contributed by atoms with Crippen LogP contribution in [-0.2, 0) is 14.3 Å². The Labute approximate surface area is 133 Å². The summed E-state index contributed by atoms with van der Waals surface area (Å²) >= 11 is 0. The Hall–Kier alpha value is -1.32. The number of esters is 1. The van der Waals surface area contributed by atoms with Crippen LogP contribution in [0.1, 0.15) is 53.4 Å². The second-order valence-electron chi connectivity index (χ2n) is 7.24. The molecule has 0 spiro atoms. The summed E-state index contributed by atoms with van der Waals surface area (Å²) in [4.78, 5) is 23.9. The lowest BCUT2D eigenvalue weighted by Gasteiger charge is -2.22. The number of hydrogen-bond acceptors (Lipinski definition) is 3. The quantitative estimate of drug-likeness (QED) is 0.581. The number of carbonyl (C=O) groups excluding carboxylic acids is 2. The van der Waals surface area contributed by atoms with Crippen molar-refractivity contribution in [2.24, 2.45) is 23.7 Å². The summed E-state index contributed by atoms with van der Waals surface area (Å²) in [6.07, 6.45) is 7.64. The van der Waals surface area contributed by atoms with Gasteiger partial charge in [-0.2, -0.15) is 0 Å². The van der Waals surface area contributed by atoms with Gasteiger partial charge in [-0.3, -0.25) is 4.79 Å². The van der Waals surface area contributed by atoms with Crippen molar-refractivity contribution in [3.8, 4) is 0 Å². The van der Waals surface area contributed by atoms with E-state index in [0.29, 0.717) is 11.8 Å². The highest BCUT2D eigenvalue weighted by Crippen LogP contribution is 2.42. The Bertz CT molecular complexity index is 444. The Balaban J connectivity index is 1.86. The molecule has 22 heavy (non-hydrogen) atoms. The number of nitrogens with one attached hydrogen (secondary N) is 1. The molecule has 1 aliphatic heterocycles. The molecule has 0 aromatic heterocycles. The normalized spacial score (nSPS) is 34.2. The number of ether oxygens (including phenoxy) is 1. The van der Waals surface area contributed by atoms with Gasteiger partial charge in [0, 0.05) is 6.08 Å². The third kappa shape index (κ3) is 4.34. The monoisotopic (exact) mass is 307 g/mol. The molecule has 0 radical (unpaired) electrons. The number of rotatable bonds is 7. The van der Waals surface area contributed by atoms with Crippen molar-refractivity contribution in [1.29, 1.82) is 0 Å². The maximum atomic E-state index is 12.0. The van der Waals surface area contributed by atoms with E-state index in [1.54, 1.807) is 6.08 Å². The molecule has 1 saturated heterocycles. The molecular weight excluding hydrogens is 278 g/mol. The van der Waals surface area contributed by atoms with Crippen molar-refractivity contribution < 1.29 is 14.3 Å². The average Bonchev–Trinajstić information content (AvgIpc) is 3.13. The Morgan fingerprint density at radius 2 is 2.18 bits per heavy atom. The van der Waals surface area contributed by atoms with Crippen molar-refractivity contribution in [3.63, 3.8) is 0 Å². The SMILES string of the molecule is CCC[C@@H]1C[C@H]1/C=C/C(=O)O[C@H]1[C@H](CC(C)C)NC(=O)[C@@H]1C. The van der Waals surface area contributed by atoms with Crippen molar-refractivity contribution in [2.45, 2.75) is 65.5 Å². The maximum Gasteiger partial charge on any atom is 0.330 e. The molecule has 0 unspecified atom stereocenters. The molecule has 124 valence electrons. The minimum Gasteiger partial charge on any atom is -0.456 e. The Morgan fingerprint density at radius 3 is 2.82 bits per heavy atom. The van der Waals surface area contributed by atoms with Crippen molar-refractivity contribution >= 4 is 11.9 Å². The number of amides is 1. The van der Waals surface area contributed by atoms with Crippen LogP contribution in [0.2, 0.25) is 0 Å². The van der Waals surface area contributed by atoms with Gasteiger partial charge in [0.05, 0.1) is 12.0 Å². The molecule has 1 aliphatic carbocycles. The summed E-state index contributed by atoms with van der Waals surface area (Å²) in [5.74, 6) is 1.14. The van der Waals surface area contributed by atoms with Crippen LogP contribution in [0.15, 0.2) is 12.2 Å². The van der Waals surface area contributed by atoms with Gasteiger partial charge in [0.2, 0.25) is 5.91 Å². The summed E-state index contributed by atoms with van der Waals surface area (Å²) in [5.41, 5.74) is 0. The summed E-state index contributed by atoms with van der Waals surface area (Å²) in [5, 5.41) is 2.95. The van der Waals surface area contributed by atoms with Crippen molar-refractivity contribution in [2.75, 3.05) is 0 Å². The van der Waals surface area contributed by atoms with E-state index in [-0.39, 0.29) is 29.9 Å². The van der Waals surface area contributed by atoms with Gasteiger partial charge in [-0.1, -0.05) is 39.7 Å². The first-order valence-corrected chi connectivity index (χ1v) is 8.61. The molecule has 1 N–H and O–H groups in total. The fraction of sp³-hybridized carbons (Fsp3) is 0.778. The molecule has 1 amide bonds. The fourth-order valence-corrected chi connectivity index (χ4v) is 3.36. The summed E-state index contributed by atoms with van der Waals surface area (Å²) in [6, 6.07) is -0.0615. The molecule has 0 aromatic carbocycles. The lowest BCUT2D eigenvalue weighted by atomic mass is 9.96. The van der Waals surface area contributed by atoms with E-state index in [0.717, 1.165) is 12.3 Å². The zero-order chi connectivity index (χ0) is 16.3. The first-order chi connectivity index (χ1) is 10.4. The van der Waals surface area contributed by atoms with E-state index >= 15 is 0 Å². The van der Waals surface area contributed by atoms with Gasteiger partial charge in [0.25, 0.3) is 0 Å².